The topological polar surface area (TPSA) is 62.1 Å². The second-order valence-corrected chi connectivity index (χ2v) is 4.58. The molecule has 1 amide bonds. The van der Waals surface area contributed by atoms with E-state index in [4.69, 9.17) is 10.00 Å². The number of carbonyl (C=O) groups is 1. The molecule has 0 atom stereocenters. The van der Waals surface area contributed by atoms with Crippen LogP contribution in [0.5, 0.6) is 0 Å². The molecular weight excluding hydrogens is 276 g/mol. The second-order valence-electron chi connectivity index (χ2n) is 4.58. The molecule has 0 saturated carbocycles. The van der Waals surface area contributed by atoms with Crippen LogP contribution in [0.25, 0.3) is 6.08 Å². The maximum atomic E-state index is 11.5. The molecule has 0 radical (unpaired) electrons. The summed E-state index contributed by atoms with van der Waals surface area (Å²) in [6.45, 7) is 0.639. The molecule has 2 rings (SSSR count). The van der Waals surface area contributed by atoms with E-state index in [1.54, 1.807) is 12.1 Å². The molecule has 4 nitrogen and oxygen atoms in total. The number of rotatable bonds is 5. The third kappa shape index (κ3) is 5.14. The van der Waals surface area contributed by atoms with E-state index in [-0.39, 0.29) is 6.61 Å². The summed E-state index contributed by atoms with van der Waals surface area (Å²) in [6.07, 6.45) is 3.25. The van der Waals surface area contributed by atoms with Crippen molar-refractivity contribution in [3.63, 3.8) is 0 Å². The summed E-state index contributed by atoms with van der Waals surface area (Å²) < 4.78 is 5.09. The van der Waals surface area contributed by atoms with Gasteiger partial charge in [0.2, 0.25) is 0 Å². The first-order chi connectivity index (χ1) is 10.8. The van der Waals surface area contributed by atoms with Crippen LogP contribution in [0.3, 0.4) is 0 Å². The van der Waals surface area contributed by atoms with E-state index >= 15 is 0 Å². The molecule has 0 aliphatic heterocycles. The summed E-state index contributed by atoms with van der Waals surface area (Å²) in [5.41, 5.74) is 2.55. The molecule has 1 N–H and O–H groups in total. The minimum Gasteiger partial charge on any atom is -0.445 e. The molecule has 0 saturated heterocycles. The third-order valence-corrected chi connectivity index (χ3v) is 2.93. The maximum Gasteiger partial charge on any atom is 0.407 e. The van der Waals surface area contributed by atoms with Crippen LogP contribution < -0.4 is 5.32 Å². The van der Waals surface area contributed by atoms with Crippen molar-refractivity contribution >= 4 is 12.2 Å². The van der Waals surface area contributed by atoms with Crippen LogP contribution in [0.1, 0.15) is 16.7 Å². The van der Waals surface area contributed by atoms with Crippen molar-refractivity contribution in [1.29, 1.82) is 5.26 Å². The number of hydrogen-bond acceptors (Lipinski definition) is 3. The minimum atomic E-state index is -0.451. The molecule has 0 heterocycles. The molecule has 110 valence electrons. The highest BCUT2D eigenvalue weighted by Gasteiger charge is 2.00. The number of alkyl carbamates (subject to hydrolysis) is 1. The largest absolute Gasteiger partial charge is 0.445 e. The van der Waals surface area contributed by atoms with Crippen molar-refractivity contribution in [2.75, 3.05) is 6.54 Å². The van der Waals surface area contributed by atoms with Gasteiger partial charge in [0.1, 0.15) is 6.61 Å². The number of benzene rings is 2. The van der Waals surface area contributed by atoms with E-state index in [2.05, 4.69) is 11.4 Å². The van der Waals surface area contributed by atoms with E-state index in [0.717, 1.165) is 11.1 Å². The van der Waals surface area contributed by atoms with Crippen LogP contribution in [0.4, 0.5) is 4.79 Å². The van der Waals surface area contributed by atoms with Crippen LogP contribution in [0, 0.1) is 11.3 Å². The van der Waals surface area contributed by atoms with Crippen molar-refractivity contribution in [2.24, 2.45) is 0 Å². The van der Waals surface area contributed by atoms with E-state index < -0.39 is 6.09 Å². The summed E-state index contributed by atoms with van der Waals surface area (Å²) in [5, 5.41) is 11.4. The number of nitrogens with one attached hydrogen (secondary N) is 1. The van der Waals surface area contributed by atoms with Gasteiger partial charge < -0.3 is 10.1 Å². The average molecular weight is 292 g/mol. The predicted molar refractivity (Wildman–Crippen MR) is 84.8 cm³/mol. The molecule has 2 aromatic rings. The van der Waals surface area contributed by atoms with Gasteiger partial charge in [-0.25, -0.2) is 4.79 Å². The Morgan fingerprint density at radius 1 is 1.14 bits per heavy atom. The Kier molecular flexibility index (Phi) is 5.77. The van der Waals surface area contributed by atoms with E-state index in [9.17, 15) is 4.79 Å². The average Bonchev–Trinajstić information content (AvgIpc) is 2.58. The van der Waals surface area contributed by atoms with Gasteiger partial charge in [0.05, 0.1) is 11.6 Å². The number of nitriles is 1. The molecule has 0 fully saturated rings. The predicted octanol–water partition coefficient (Wildman–Crippen LogP) is 3.50. The Hall–Kier alpha value is -3.06. The first-order valence-corrected chi connectivity index (χ1v) is 6.89. The fourth-order valence-corrected chi connectivity index (χ4v) is 1.78. The molecule has 22 heavy (non-hydrogen) atoms. The van der Waals surface area contributed by atoms with Gasteiger partial charge in [0.15, 0.2) is 0 Å². The van der Waals surface area contributed by atoms with Gasteiger partial charge in [-0.05, 0) is 23.3 Å². The fourth-order valence-electron chi connectivity index (χ4n) is 1.78. The van der Waals surface area contributed by atoms with Crippen molar-refractivity contribution < 1.29 is 9.53 Å². The van der Waals surface area contributed by atoms with Crippen molar-refractivity contribution in [3.05, 3.63) is 77.4 Å². The van der Waals surface area contributed by atoms with Gasteiger partial charge in [-0.15, -0.1) is 0 Å². The monoisotopic (exact) mass is 292 g/mol. The molecule has 0 spiro atoms. The lowest BCUT2D eigenvalue weighted by Crippen LogP contribution is -2.24. The summed E-state index contributed by atoms with van der Waals surface area (Å²) in [7, 11) is 0. The molecule has 0 unspecified atom stereocenters. The quantitative estimate of drug-likeness (QED) is 0.917. The van der Waals surface area contributed by atoms with Gasteiger partial charge in [0, 0.05) is 6.54 Å². The van der Waals surface area contributed by atoms with Crippen LogP contribution in [0.15, 0.2) is 60.7 Å². The number of amides is 1. The minimum absolute atomic E-state index is 0.256. The van der Waals surface area contributed by atoms with Crippen molar-refractivity contribution in [1.82, 2.24) is 5.32 Å². The number of ether oxygens (including phenoxy) is 1. The molecule has 4 heteroatoms. The number of carbonyl (C=O) groups excluding carboxylic acids is 1. The Morgan fingerprint density at radius 2 is 1.86 bits per heavy atom. The lowest BCUT2D eigenvalue weighted by Gasteiger charge is -2.05. The Labute approximate surface area is 129 Å². The summed E-state index contributed by atoms with van der Waals surface area (Å²) in [5.74, 6) is 0. The molecular formula is C18H16N2O2. The zero-order valence-electron chi connectivity index (χ0n) is 12.0. The fraction of sp³-hybridized carbons (Fsp3) is 0.111. The van der Waals surface area contributed by atoms with Crippen LogP contribution >= 0.6 is 0 Å². The van der Waals surface area contributed by atoms with Gasteiger partial charge in [-0.2, -0.15) is 5.26 Å². The standard InChI is InChI=1S/C18H16N2O2/c19-13-16-10-8-15(9-11-16)7-4-12-20-18(21)22-14-17-5-2-1-3-6-17/h1-11H,12,14H2,(H,20,21). The summed E-state index contributed by atoms with van der Waals surface area (Å²) >= 11 is 0. The third-order valence-electron chi connectivity index (χ3n) is 2.93. The van der Waals surface area contributed by atoms with Gasteiger partial charge in [-0.1, -0.05) is 54.6 Å². The highest BCUT2D eigenvalue weighted by molar-refractivity contribution is 5.67. The Morgan fingerprint density at radius 3 is 2.55 bits per heavy atom. The zero-order chi connectivity index (χ0) is 15.6. The van der Waals surface area contributed by atoms with Crippen LogP contribution in [0.2, 0.25) is 0 Å². The van der Waals surface area contributed by atoms with Gasteiger partial charge in [-0.3, -0.25) is 0 Å². The van der Waals surface area contributed by atoms with Crippen molar-refractivity contribution in [2.45, 2.75) is 6.61 Å². The summed E-state index contributed by atoms with van der Waals surface area (Å²) in [4.78, 5) is 11.5. The van der Waals surface area contributed by atoms with Crippen LogP contribution in [-0.2, 0) is 11.3 Å². The van der Waals surface area contributed by atoms with E-state index in [1.165, 1.54) is 0 Å². The molecule has 0 aliphatic carbocycles. The lowest BCUT2D eigenvalue weighted by atomic mass is 10.1. The molecule has 2 aromatic carbocycles. The van der Waals surface area contributed by atoms with Crippen LogP contribution in [-0.4, -0.2) is 12.6 Å². The molecule has 0 bridgehead atoms. The van der Waals surface area contributed by atoms with E-state index in [0.29, 0.717) is 12.1 Å². The molecule has 0 aromatic heterocycles. The first kappa shape index (κ1) is 15.3. The highest BCUT2D eigenvalue weighted by Crippen LogP contribution is 2.05. The van der Waals surface area contributed by atoms with Gasteiger partial charge >= 0.3 is 6.09 Å². The van der Waals surface area contributed by atoms with Gasteiger partial charge in [0.25, 0.3) is 0 Å². The highest BCUT2D eigenvalue weighted by atomic mass is 16.5. The molecule has 0 aliphatic rings. The zero-order valence-corrected chi connectivity index (χ0v) is 12.0. The second kappa shape index (κ2) is 8.28. The number of hydrogen-bond donors (Lipinski definition) is 1. The Balaban J connectivity index is 1.70. The Bertz CT molecular complexity index is 670. The van der Waals surface area contributed by atoms with Crippen molar-refractivity contribution in [3.8, 4) is 6.07 Å². The normalized spacial score (nSPS) is 10.1. The number of nitrogens with zero attached hydrogens (tertiary/aromatic N) is 1. The summed E-state index contributed by atoms with van der Waals surface area (Å²) in [6, 6.07) is 18.8. The smallest absolute Gasteiger partial charge is 0.407 e. The van der Waals surface area contributed by atoms with E-state index in [1.807, 2.05) is 54.6 Å². The maximum absolute atomic E-state index is 11.5. The SMILES string of the molecule is N#Cc1ccc(C=CCNC(=O)OCc2ccccc2)cc1. The first-order valence-electron chi connectivity index (χ1n) is 6.89. The lowest BCUT2D eigenvalue weighted by molar-refractivity contribution is 0.141.